The molecule has 0 saturated carbocycles. The van der Waals surface area contributed by atoms with Crippen LogP contribution in [0.1, 0.15) is 19.4 Å². The topological polar surface area (TPSA) is 21.3 Å². The van der Waals surface area contributed by atoms with Crippen LogP contribution in [0.4, 0.5) is 4.39 Å². The third kappa shape index (κ3) is 4.72. The first-order chi connectivity index (χ1) is 8.13. The van der Waals surface area contributed by atoms with Gasteiger partial charge in [0.25, 0.3) is 0 Å². The monoisotopic (exact) mass is 235 g/mol. The summed E-state index contributed by atoms with van der Waals surface area (Å²) in [6.45, 7) is 4.22. The van der Waals surface area contributed by atoms with Crippen molar-refractivity contribution in [1.29, 1.82) is 0 Å². The number of nitrogens with one attached hydrogen (secondary N) is 1. The minimum atomic E-state index is -0.245. The average Bonchev–Trinajstić information content (AvgIpc) is 2.31. The molecule has 17 heavy (non-hydrogen) atoms. The SMILES string of the molecule is CN/C(=C\C=C(C)C)OCc1ccccc1F. The predicted molar refractivity (Wildman–Crippen MR) is 67.8 cm³/mol. The van der Waals surface area contributed by atoms with Gasteiger partial charge in [0.05, 0.1) is 0 Å². The quantitative estimate of drug-likeness (QED) is 0.624. The highest BCUT2D eigenvalue weighted by molar-refractivity contribution is 5.17. The average molecular weight is 235 g/mol. The van der Waals surface area contributed by atoms with Crippen molar-refractivity contribution in [3.05, 3.63) is 59.3 Å². The molecule has 0 atom stereocenters. The Hall–Kier alpha value is -1.77. The van der Waals surface area contributed by atoms with Crippen LogP contribution in [-0.2, 0) is 11.3 Å². The van der Waals surface area contributed by atoms with E-state index in [-0.39, 0.29) is 12.4 Å². The van der Waals surface area contributed by atoms with Gasteiger partial charge in [0, 0.05) is 12.6 Å². The zero-order valence-corrected chi connectivity index (χ0v) is 10.5. The van der Waals surface area contributed by atoms with Crippen molar-refractivity contribution in [2.45, 2.75) is 20.5 Å². The second-order valence-electron chi connectivity index (χ2n) is 3.91. The van der Waals surface area contributed by atoms with Crippen LogP contribution in [0.25, 0.3) is 0 Å². The summed E-state index contributed by atoms with van der Waals surface area (Å²) in [6, 6.07) is 6.60. The van der Waals surface area contributed by atoms with Crippen molar-refractivity contribution in [3.8, 4) is 0 Å². The molecule has 0 saturated heterocycles. The predicted octanol–water partition coefficient (Wildman–Crippen LogP) is 3.37. The molecule has 3 heteroatoms. The number of halogens is 1. The summed E-state index contributed by atoms with van der Waals surface area (Å²) in [5, 5.41) is 2.92. The Morgan fingerprint density at radius 2 is 2.00 bits per heavy atom. The minimum absolute atomic E-state index is 0.218. The van der Waals surface area contributed by atoms with E-state index in [0.29, 0.717) is 11.4 Å². The Bertz CT molecular complexity index is 420. The van der Waals surface area contributed by atoms with Crippen LogP contribution < -0.4 is 5.32 Å². The summed E-state index contributed by atoms with van der Waals surface area (Å²) in [5.41, 5.74) is 1.72. The lowest BCUT2D eigenvalue weighted by Gasteiger charge is -2.09. The normalized spacial score (nSPS) is 10.9. The molecule has 0 bridgehead atoms. The molecule has 0 aromatic heterocycles. The van der Waals surface area contributed by atoms with Crippen molar-refractivity contribution in [2.75, 3.05) is 7.05 Å². The number of ether oxygens (including phenoxy) is 1. The van der Waals surface area contributed by atoms with Crippen LogP contribution in [-0.4, -0.2) is 7.05 Å². The maximum atomic E-state index is 13.3. The second kappa shape index (κ2) is 6.74. The van der Waals surface area contributed by atoms with E-state index in [9.17, 15) is 4.39 Å². The molecule has 1 aromatic rings. The molecule has 1 N–H and O–H groups in total. The van der Waals surface area contributed by atoms with Gasteiger partial charge in [0.15, 0.2) is 5.88 Å². The van der Waals surface area contributed by atoms with Gasteiger partial charge in [-0.25, -0.2) is 4.39 Å². The molecule has 0 amide bonds. The third-order valence-electron chi connectivity index (χ3n) is 2.16. The zero-order valence-electron chi connectivity index (χ0n) is 10.5. The van der Waals surface area contributed by atoms with Gasteiger partial charge >= 0.3 is 0 Å². The van der Waals surface area contributed by atoms with Gasteiger partial charge in [0.1, 0.15) is 12.4 Å². The van der Waals surface area contributed by atoms with Crippen LogP contribution in [0.2, 0.25) is 0 Å². The van der Waals surface area contributed by atoms with Crippen molar-refractivity contribution < 1.29 is 9.13 Å². The van der Waals surface area contributed by atoms with Crippen LogP contribution in [0.5, 0.6) is 0 Å². The first-order valence-electron chi connectivity index (χ1n) is 5.52. The van der Waals surface area contributed by atoms with E-state index in [2.05, 4.69) is 5.32 Å². The molecule has 0 heterocycles. The first kappa shape index (κ1) is 13.3. The van der Waals surface area contributed by atoms with E-state index in [0.717, 1.165) is 0 Å². The van der Waals surface area contributed by atoms with Gasteiger partial charge in [0.2, 0.25) is 0 Å². The van der Waals surface area contributed by atoms with Gasteiger partial charge in [-0.15, -0.1) is 0 Å². The Labute approximate surface area is 102 Å². The highest BCUT2D eigenvalue weighted by atomic mass is 19.1. The van der Waals surface area contributed by atoms with Crippen LogP contribution in [0.3, 0.4) is 0 Å². The molecule has 1 rings (SSSR count). The lowest BCUT2D eigenvalue weighted by Crippen LogP contribution is -2.09. The molecule has 0 fully saturated rings. The van der Waals surface area contributed by atoms with Crippen molar-refractivity contribution in [2.24, 2.45) is 0 Å². The molecule has 0 spiro atoms. The number of benzene rings is 1. The molecular formula is C14H18FNO. The molecule has 0 radical (unpaired) electrons. The van der Waals surface area contributed by atoms with Crippen molar-refractivity contribution in [3.63, 3.8) is 0 Å². The number of hydrogen-bond donors (Lipinski definition) is 1. The maximum absolute atomic E-state index is 13.3. The standard InChI is InChI=1S/C14H18FNO/c1-11(2)8-9-14(16-3)17-10-12-6-4-5-7-13(12)15/h4-9,16H,10H2,1-3H3/b14-9+. The van der Waals surface area contributed by atoms with Crippen molar-refractivity contribution in [1.82, 2.24) is 5.32 Å². The molecular weight excluding hydrogens is 217 g/mol. The summed E-state index contributed by atoms with van der Waals surface area (Å²) < 4.78 is 18.8. The van der Waals surface area contributed by atoms with Gasteiger partial charge in [-0.1, -0.05) is 29.8 Å². The fraction of sp³-hybridized carbons (Fsp3) is 0.286. The maximum Gasteiger partial charge on any atom is 0.186 e. The largest absolute Gasteiger partial charge is 0.474 e. The molecule has 0 aliphatic rings. The summed E-state index contributed by atoms with van der Waals surface area (Å²) >= 11 is 0. The molecule has 0 aliphatic carbocycles. The highest BCUT2D eigenvalue weighted by Gasteiger charge is 2.01. The first-order valence-corrected chi connectivity index (χ1v) is 5.52. The van der Waals surface area contributed by atoms with Gasteiger partial charge in [-0.05, 0) is 26.0 Å². The summed E-state index contributed by atoms with van der Waals surface area (Å²) in [5.74, 6) is 0.375. The smallest absolute Gasteiger partial charge is 0.186 e. The van der Waals surface area contributed by atoms with E-state index in [1.54, 1.807) is 25.2 Å². The molecule has 0 aliphatic heterocycles. The lowest BCUT2D eigenvalue weighted by molar-refractivity contribution is 0.179. The number of hydrogen-bond acceptors (Lipinski definition) is 2. The second-order valence-corrected chi connectivity index (χ2v) is 3.91. The number of rotatable bonds is 5. The fourth-order valence-corrected chi connectivity index (χ4v) is 1.22. The Morgan fingerprint density at radius 3 is 2.59 bits per heavy atom. The third-order valence-corrected chi connectivity index (χ3v) is 2.16. The van der Waals surface area contributed by atoms with Crippen LogP contribution >= 0.6 is 0 Å². The van der Waals surface area contributed by atoms with E-state index in [4.69, 9.17) is 4.74 Å². The number of allylic oxidation sites excluding steroid dienone is 3. The van der Waals surface area contributed by atoms with Gasteiger partial charge in [-0.2, -0.15) is 0 Å². The Kier molecular flexibility index (Phi) is 5.27. The molecule has 92 valence electrons. The van der Waals surface area contributed by atoms with Crippen LogP contribution in [0.15, 0.2) is 47.9 Å². The van der Waals surface area contributed by atoms with E-state index >= 15 is 0 Å². The highest BCUT2D eigenvalue weighted by Crippen LogP contribution is 2.09. The van der Waals surface area contributed by atoms with Crippen molar-refractivity contribution >= 4 is 0 Å². The fourth-order valence-electron chi connectivity index (χ4n) is 1.22. The molecule has 1 aromatic carbocycles. The van der Waals surface area contributed by atoms with E-state index in [1.165, 1.54) is 11.6 Å². The van der Waals surface area contributed by atoms with Crippen LogP contribution in [0, 0.1) is 5.82 Å². The van der Waals surface area contributed by atoms with E-state index in [1.807, 2.05) is 26.0 Å². The zero-order chi connectivity index (χ0) is 12.7. The van der Waals surface area contributed by atoms with E-state index < -0.39 is 0 Å². The minimum Gasteiger partial charge on any atom is -0.474 e. The van der Waals surface area contributed by atoms with Gasteiger partial charge < -0.3 is 10.1 Å². The lowest BCUT2D eigenvalue weighted by atomic mass is 10.2. The Morgan fingerprint density at radius 1 is 1.29 bits per heavy atom. The summed E-state index contributed by atoms with van der Waals surface area (Å²) in [6.07, 6.45) is 3.77. The summed E-state index contributed by atoms with van der Waals surface area (Å²) in [7, 11) is 1.77. The molecule has 2 nitrogen and oxygen atoms in total. The van der Waals surface area contributed by atoms with Gasteiger partial charge in [-0.3, -0.25) is 0 Å². The summed E-state index contributed by atoms with van der Waals surface area (Å²) in [4.78, 5) is 0. The molecule has 0 unspecified atom stereocenters. The Balaban J connectivity index is 2.63.